The van der Waals surface area contributed by atoms with Crippen molar-refractivity contribution >= 4 is 17.4 Å². The van der Waals surface area contributed by atoms with Crippen LogP contribution in [-0.2, 0) is 0 Å². The molecule has 1 aromatic heterocycles. The smallest absolute Gasteiger partial charge is 0.00203 e. The van der Waals surface area contributed by atoms with Crippen LogP contribution >= 0.6 is 11.3 Å². The van der Waals surface area contributed by atoms with Gasteiger partial charge in [0.15, 0.2) is 0 Å². The predicted molar refractivity (Wildman–Crippen MR) is 56.6 cm³/mol. The van der Waals surface area contributed by atoms with Gasteiger partial charge < -0.3 is 5.32 Å². The van der Waals surface area contributed by atoms with Crippen LogP contribution in [-0.4, -0.2) is 13.6 Å². The summed E-state index contributed by atoms with van der Waals surface area (Å²) >= 11 is 1.80. The fourth-order valence-corrected chi connectivity index (χ4v) is 1.67. The fraction of sp³-hybridized carbons (Fsp3) is 0.400. The van der Waals surface area contributed by atoms with Gasteiger partial charge in [-0.1, -0.05) is 12.2 Å². The van der Waals surface area contributed by atoms with Gasteiger partial charge in [0.05, 0.1) is 0 Å². The van der Waals surface area contributed by atoms with E-state index in [2.05, 4.69) is 35.8 Å². The third kappa shape index (κ3) is 3.20. The molecule has 0 atom stereocenters. The van der Waals surface area contributed by atoms with Crippen LogP contribution in [0.4, 0.5) is 0 Å². The molecule has 0 radical (unpaired) electrons. The Kier molecular flexibility index (Phi) is 4.05. The standard InChI is InChI=1S/C10H15NS/c1-9-7-10(8-12-9)5-3-4-6-11-2/h3,5,7-8,11H,4,6H2,1-2H3. The summed E-state index contributed by atoms with van der Waals surface area (Å²) < 4.78 is 0. The molecule has 0 unspecified atom stereocenters. The monoisotopic (exact) mass is 181 g/mol. The Bertz CT molecular complexity index is 250. The van der Waals surface area contributed by atoms with E-state index in [0.29, 0.717) is 0 Å². The Morgan fingerprint density at radius 2 is 2.42 bits per heavy atom. The van der Waals surface area contributed by atoms with E-state index in [1.165, 1.54) is 10.4 Å². The molecule has 0 aromatic carbocycles. The Hall–Kier alpha value is -0.600. The van der Waals surface area contributed by atoms with Crippen LogP contribution in [0.15, 0.2) is 17.5 Å². The molecule has 0 spiro atoms. The zero-order chi connectivity index (χ0) is 8.81. The number of hydrogen-bond acceptors (Lipinski definition) is 2. The Balaban J connectivity index is 2.36. The molecule has 0 saturated heterocycles. The van der Waals surface area contributed by atoms with Crippen molar-refractivity contribution in [2.75, 3.05) is 13.6 Å². The molecule has 1 N–H and O–H groups in total. The molecule has 1 heterocycles. The molecule has 1 aromatic rings. The summed E-state index contributed by atoms with van der Waals surface area (Å²) in [6, 6.07) is 2.21. The van der Waals surface area contributed by atoms with Gasteiger partial charge >= 0.3 is 0 Å². The minimum absolute atomic E-state index is 1.06. The van der Waals surface area contributed by atoms with E-state index in [-0.39, 0.29) is 0 Å². The first-order valence-electron chi connectivity index (χ1n) is 4.19. The van der Waals surface area contributed by atoms with Gasteiger partial charge in [0.1, 0.15) is 0 Å². The number of nitrogens with one attached hydrogen (secondary N) is 1. The molecule has 1 rings (SSSR count). The van der Waals surface area contributed by atoms with Crippen molar-refractivity contribution in [3.8, 4) is 0 Å². The Labute approximate surface area is 78.1 Å². The van der Waals surface area contributed by atoms with Gasteiger partial charge in [-0.3, -0.25) is 0 Å². The number of aryl methyl sites for hydroxylation is 1. The first kappa shape index (κ1) is 9.49. The van der Waals surface area contributed by atoms with E-state index in [0.717, 1.165) is 13.0 Å². The van der Waals surface area contributed by atoms with Crippen molar-refractivity contribution < 1.29 is 0 Å². The van der Waals surface area contributed by atoms with Crippen LogP contribution in [0.1, 0.15) is 16.9 Å². The normalized spacial score (nSPS) is 11.2. The third-order valence-corrected chi connectivity index (χ3v) is 2.50. The van der Waals surface area contributed by atoms with Gasteiger partial charge in [-0.2, -0.15) is 0 Å². The summed E-state index contributed by atoms with van der Waals surface area (Å²) in [6.07, 6.45) is 5.49. The SMILES string of the molecule is CNCCC=Cc1csc(C)c1. The maximum Gasteiger partial charge on any atom is 0.00203 e. The van der Waals surface area contributed by atoms with Crippen LogP contribution in [0, 0.1) is 6.92 Å². The first-order chi connectivity index (χ1) is 5.83. The molecule has 0 amide bonds. The molecule has 1 nitrogen and oxygen atoms in total. The molecule has 0 aliphatic heterocycles. The summed E-state index contributed by atoms with van der Waals surface area (Å²) in [7, 11) is 1.97. The maximum absolute atomic E-state index is 3.11. The highest BCUT2D eigenvalue weighted by Gasteiger charge is 1.89. The second kappa shape index (κ2) is 5.12. The predicted octanol–water partition coefficient (Wildman–Crippen LogP) is 2.68. The second-order valence-corrected chi connectivity index (χ2v) is 3.90. The van der Waals surface area contributed by atoms with Crippen LogP contribution in [0.25, 0.3) is 6.08 Å². The van der Waals surface area contributed by atoms with Crippen molar-refractivity contribution in [2.24, 2.45) is 0 Å². The van der Waals surface area contributed by atoms with E-state index < -0.39 is 0 Å². The third-order valence-electron chi connectivity index (χ3n) is 1.62. The van der Waals surface area contributed by atoms with E-state index in [9.17, 15) is 0 Å². The van der Waals surface area contributed by atoms with Crippen LogP contribution < -0.4 is 5.32 Å². The molecular weight excluding hydrogens is 166 g/mol. The summed E-state index contributed by atoms with van der Waals surface area (Å²) in [4.78, 5) is 1.38. The van der Waals surface area contributed by atoms with Crippen molar-refractivity contribution in [1.29, 1.82) is 0 Å². The number of thiophene rings is 1. The quantitative estimate of drug-likeness (QED) is 0.704. The minimum Gasteiger partial charge on any atom is -0.319 e. The van der Waals surface area contributed by atoms with Crippen molar-refractivity contribution in [1.82, 2.24) is 5.32 Å². The summed E-state index contributed by atoms with van der Waals surface area (Å²) in [5.74, 6) is 0. The molecule has 0 aliphatic carbocycles. The van der Waals surface area contributed by atoms with Gasteiger partial charge in [0, 0.05) is 4.88 Å². The van der Waals surface area contributed by atoms with Crippen molar-refractivity contribution in [3.05, 3.63) is 28.0 Å². The van der Waals surface area contributed by atoms with E-state index >= 15 is 0 Å². The lowest BCUT2D eigenvalue weighted by atomic mass is 10.2. The summed E-state index contributed by atoms with van der Waals surface area (Å²) in [5.41, 5.74) is 1.33. The zero-order valence-corrected chi connectivity index (χ0v) is 8.45. The number of hydrogen-bond donors (Lipinski definition) is 1. The van der Waals surface area contributed by atoms with Gasteiger partial charge in [-0.25, -0.2) is 0 Å². The minimum atomic E-state index is 1.06. The molecule has 0 aliphatic rings. The summed E-state index contributed by atoms with van der Waals surface area (Å²) in [6.45, 7) is 3.19. The Morgan fingerprint density at radius 1 is 1.58 bits per heavy atom. The lowest BCUT2D eigenvalue weighted by Gasteiger charge is -1.90. The average molecular weight is 181 g/mol. The van der Waals surface area contributed by atoms with Crippen LogP contribution in [0.3, 0.4) is 0 Å². The van der Waals surface area contributed by atoms with Gasteiger partial charge in [-0.05, 0) is 43.9 Å². The van der Waals surface area contributed by atoms with Gasteiger partial charge in [0.2, 0.25) is 0 Å². The molecule has 0 bridgehead atoms. The first-order valence-corrected chi connectivity index (χ1v) is 5.07. The van der Waals surface area contributed by atoms with Crippen LogP contribution in [0.5, 0.6) is 0 Å². The highest BCUT2D eigenvalue weighted by molar-refractivity contribution is 7.10. The topological polar surface area (TPSA) is 12.0 Å². The highest BCUT2D eigenvalue weighted by Crippen LogP contribution is 2.14. The molecule has 2 heteroatoms. The second-order valence-electron chi connectivity index (χ2n) is 2.79. The zero-order valence-electron chi connectivity index (χ0n) is 7.63. The Morgan fingerprint density at radius 3 is 3.00 bits per heavy atom. The maximum atomic E-state index is 3.11. The highest BCUT2D eigenvalue weighted by atomic mass is 32.1. The molecular formula is C10H15NS. The van der Waals surface area contributed by atoms with E-state index in [1.807, 2.05) is 7.05 Å². The largest absolute Gasteiger partial charge is 0.319 e. The van der Waals surface area contributed by atoms with Gasteiger partial charge in [0.25, 0.3) is 0 Å². The van der Waals surface area contributed by atoms with E-state index in [1.54, 1.807) is 11.3 Å². The average Bonchev–Trinajstić information content (AvgIpc) is 2.45. The van der Waals surface area contributed by atoms with Crippen molar-refractivity contribution in [3.63, 3.8) is 0 Å². The molecule has 12 heavy (non-hydrogen) atoms. The molecule has 0 fully saturated rings. The lowest BCUT2D eigenvalue weighted by molar-refractivity contribution is 0.809. The molecule has 0 saturated carbocycles. The fourth-order valence-electron chi connectivity index (χ4n) is 0.998. The van der Waals surface area contributed by atoms with Gasteiger partial charge in [-0.15, -0.1) is 11.3 Å². The van der Waals surface area contributed by atoms with Crippen LogP contribution in [0.2, 0.25) is 0 Å². The van der Waals surface area contributed by atoms with E-state index in [4.69, 9.17) is 0 Å². The summed E-state index contributed by atoms with van der Waals surface area (Å²) in [5, 5.41) is 5.30. The number of rotatable bonds is 4. The lowest BCUT2D eigenvalue weighted by Crippen LogP contribution is -2.05. The molecule has 66 valence electrons. The van der Waals surface area contributed by atoms with Crippen molar-refractivity contribution in [2.45, 2.75) is 13.3 Å².